The second kappa shape index (κ2) is 6.40. The number of rotatable bonds is 4. The summed E-state index contributed by atoms with van der Waals surface area (Å²) in [6.07, 6.45) is 8.84. The second-order valence-corrected chi connectivity index (χ2v) is 6.69. The molecule has 104 valence electrons. The van der Waals surface area contributed by atoms with Gasteiger partial charge in [0.15, 0.2) is 0 Å². The van der Waals surface area contributed by atoms with Crippen molar-refractivity contribution < 1.29 is 0 Å². The quantitative estimate of drug-likeness (QED) is 0.843. The van der Waals surface area contributed by atoms with Gasteiger partial charge >= 0.3 is 0 Å². The number of nitrogens with zero attached hydrogens (tertiary/aromatic N) is 1. The summed E-state index contributed by atoms with van der Waals surface area (Å²) in [5.41, 5.74) is 2.07. The molecular formula is C15H27ClN2. The minimum Gasteiger partial charge on any atom is -0.308 e. The van der Waals surface area contributed by atoms with Crippen LogP contribution in [-0.4, -0.2) is 36.1 Å². The van der Waals surface area contributed by atoms with Crippen molar-refractivity contribution >= 4 is 11.6 Å². The molecule has 1 N–H and O–H groups in total. The predicted octanol–water partition coefficient (Wildman–Crippen LogP) is 3.37. The molecule has 1 atom stereocenters. The van der Waals surface area contributed by atoms with Crippen LogP contribution in [0.5, 0.6) is 0 Å². The topological polar surface area (TPSA) is 15.3 Å². The van der Waals surface area contributed by atoms with E-state index < -0.39 is 0 Å². The highest BCUT2D eigenvalue weighted by Gasteiger charge is 2.40. The zero-order valence-electron chi connectivity index (χ0n) is 11.8. The molecule has 1 unspecified atom stereocenters. The van der Waals surface area contributed by atoms with Gasteiger partial charge in [-0.3, -0.25) is 4.90 Å². The molecule has 0 aromatic heterocycles. The highest BCUT2D eigenvalue weighted by Crippen LogP contribution is 2.34. The average Bonchev–Trinajstić information content (AvgIpc) is 2.78. The highest BCUT2D eigenvalue weighted by atomic mass is 35.5. The molecule has 1 saturated carbocycles. The van der Waals surface area contributed by atoms with Gasteiger partial charge in [-0.25, -0.2) is 0 Å². The van der Waals surface area contributed by atoms with Crippen LogP contribution in [0.2, 0.25) is 0 Å². The molecule has 1 saturated heterocycles. The third kappa shape index (κ3) is 3.49. The Morgan fingerprint density at radius 2 is 2.11 bits per heavy atom. The Bertz CT molecular complexity index is 282. The molecule has 0 aromatic rings. The van der Waals surface area contributed by atoms with Crippen LogP contribution < -0.4 is 5.32 Å². The van der Waals surface area contributed by atoms with E-state index in [9.17, 15) is 0 Å². The maximum Gasteiger partial charge on any atom is 0.0309 e. The van der Waals surface area contributed by atoms with Gasteiger partial charge in [-0.05, 0) is 25.2 Å². The van der Waals surface area contributed by atoms with Gasteiger partial charge < -0.3 is 5.32 Å². The maximum atomic E-state index is 5.70. The maximum absolute atomic E-state index is 5.70. The van der Waals surface area contributed by atoms with Crippen LogP contribution in [0.3, 0.4) is 0 Å². The van der Waals surface area contributed by atoms with Crippen LogP contribution in [0, 0.1) is 5.92 Å². The van der Waals surface area contributed by atoms with Gasteiger partial charge in [-0.2, -0.15) is 0 Å². The SMILES string of the molecule is CC(C)CC1CNC2(CCCC2)CN1C/C=C/Cl. The van der Waals surface area contributed by atoms with Crippen molar-refractivity contribution in [2.75, 3.05) is 19.6 Å². The van der Waals surface area contributed by atoms with Crippen LogP contribution >= 0.6 is 11.6 Å². The Kier molecular flexibility index (Phi) is 5.11. The summed E-state index contributed by atoms with van der Waals surface area (Å²) in [6, 6.07) is 0.670. The van der Waals surface area contributed by atoms with E-state index in [0.717, 1.165) is 19.0 Å². The lowest BCUT2D eigenvalue weighted by atomic mass is 9.90. The summed E-state index contributed by atoms with van der Waals surface area (Å²) < 4.78 is 0. The summed E-state index contributed by atoms with van der Waals surface area (Å²) >= 11 is 5.70. The van der Waals surface area contributed by atoms with E-state index in [1.165, 1.54) is 38.6 Å². The smallest absolute Gasteiger partial charge is 0.0309 e. The zero-order valence-corrected chi connectivity index (χ0v) is 12.5. The Hall–Kier alpha value is -0.0500. The number of nitrogens with one attached hydrogen (secondary N) is 1. The van der Waals surface area contributed by atoms with E-state index in [0.29, 0.717) is 11.6 Å². The van der Waals surface area contributed by atoms with Crippen molar-refractivity contribution in [1.82, 2.24) is 10.2 Å². The minimum absolute atomic E-state index is 0.410. The van der Waals surface area contributed by atoms with Crippen LogP contribution in [0.1, 0.15) is 46.0 Å². The van der Waals surface area contributed by atoms with E-state index in [1.807, 2.05) is 0 Å². The number of piperazine rings is 1. The molecule has 2 aliphatic rings. The third-order valence-electron chi connectivity index (χ3n) is 4.47. The van der Waals surface area contributed by atoms with Gasteiger partial charge in [0, 0.05) is 36.8 Å². The number of hydrogen-bond acceptors (Lipinski definition) is 2. The van der Waals surface area contributed by atoms with Crippen LogP contribution in [0.25, 0.3) is 0 Å². The molecule has 0 radical (unpaired) electrons. The molecule has 2 rings (SSSR count). The number of hydrogen-bond donors (Lipinski definition) is 1. The van der Waals surface area contributed by atoms with Gasteiger partial charge in [0.25, 0.3) is 0 Å². The first-order chi connectivity index (χ1) is 8.65. The van der Waals surface area contributed by atoms with Crippen molar-refractivity contribution in [3.63, 3.8) is 0 Å². The first-order valence-corrected chi connectivity index (χ1v) is 7.83. The van der Waals surface area contributed by atoms with Crippen molar-refractivity contribution in [1.29, 1.82) is 0 Å². The molecule has 1 spiro atoms. The molecular weight excluding hydrogens is 244 g/mol. The summed E-state index contributed by atoms with van der Waals surface area (Å²) in [5, 5.41) is 3.86. The molecule has 0 aromatic carbocycles. The fourth-order valence-electron chi connectivity index (χ4n) is 3.59. The predicted molar refractivity (Wildman–Crippen MR) is 79.0 cm³/mol. The monoisotopic (exact) mass is 270 g/mol. The van der Waals surface area contributed by atoms with Gasteiger partial charge in [-0.1, -0.05) is 44.4 Å². The summed E-state index contributed by atoms with van der Waals surface area (Å²) in [7, 11) is 0. The van der Waals surface area contributed by atoms with Crippen molar-refractivity contribution in [2.24, 2.45) is 5.92 Å². The van der Waals surface area contributed by atoms with E-state index in [2.05, 4.69) is 30.1 Å². The van der Waals surface area contributed by atoms with Gasteiger partial charge in [-0.15, -0.1) is 0 Å². The standard InChI is InChI=1S/C15H27ClN2/c1-13(2)10-14-11-17-15(6-3-4-7-15)12-18(14)9-5-8-16/h5,8,13-14,17H,3-4,6-7,9-12H2,1-2H3/b8-5+. The first kappa shape index (κ1) is 14.4. The lowest BCUT2D eigenvalue weighted by Gasteiger charge is -2.46. The minimum atomic E-state index is 0.410. The molecule has 18 heavy (non-hydrogen) atoms. The van der Waals surface area contributed by atoms with Gasteiger partial charge in [0.2, 0.25) is 0 Å². The Morgan fingerprint density at radius 3 is 2.72 bits per heavy atom. The summed E-state index contributed by atoms with van der Waals surface area (Å²) in [6.45, 7) is 7.98. The third-order valence-corrected chi connectivity index (χ3v) is 4.65. The van der Waals surface area contributed by atoms with Crippen LogP contribution in [0.4, 0.5) is 0 Å². The van der Waals surface area contributed by atoms with Crippen molar-refractivity contribution in [2.45, 2.75) is 57.5 Å². The fraction of sp³-hybridized carbons (Fsp3) is 0.867. The van der Waals surface area contributed by atoms with E-state index in [4.69, 9.17) is 11.6 Å². The Morgan fingerprint density at radius 1 is 1.39 bits per heavy atom. The highest BCUT2D eigenvalue weighted by molar-refractivity contribution is 6.25. The van der Waals surface area contributed by atoms with E-state index >= 15 is 0 Å². The summed E-state index contributed by atoms with van der Waals surface area (Å²) in [5.74, 6) is 0.761. The molecule has 0 amide bonds. The van der Waals surface area contributed by atoms with Gasteiger partial charge in [0.05, 0.1) is 0 Å². The van der Waals surface area contributed by atoms with E-state index in [1.54, 1.807) is 5.54 Å². The molecule has 1 aliphatic carbocycles. The van der Waals surface area contributed by atoms with Crippen molar-refractivity contribution in [3.05, 3.63) is 11.6 Å². The van der Waals surface area contributed by atoms with Crippen molar-refractivity contribution in [3.8, 4) is 0 Å². The normalized spacial score (nSPS) is 28.8. The lowest BCUT2D eigenvalue weighted by molar-refractivity contribution is 0.0799. The second-order valence-electron chi connectivity index (χ2n) is 6.44. The fourth-order valence-corrected chi connectivity index (χ4v) is 3.67. The molecule has 2 fully saturated rings. The van der Waals surface area contributed by atoms with Crippen LogP contribution in [0.15, 0.2) is 11.6 Å². The van der Waals surface area contributed by atoms with Crippen LogP contribution in [-0.2, 0) is 0 Å². The summed E-state index contributed by atoms with van der Waals surface area (Å²) in [4.78, 5) is 2.64. The van der Waals surface area contributed by atoms with Gasteiger partial charge in [0.1, 0.15) is 0 Å². The molecule has 1 heterocycles. The molecule has 2 nitrogen and oxygen atoms in total. The first-order valence-electron chi connectivity index (χ1n) is 7.39. The molecule has 1 aliphatic heterocycles. The Balaban J connectivity index is 1.99. The zero-order chi connectivity index (χ0) is 13.0. The average molecular weight is 271 g/mol. The molecule has 0 bridgehead atoms. The molecule has 3 heteroatoms. The Labute approximate surface area is 117 Å². The lowest BCUT2D eigenvalue weighted by Crippen LogP contribution is -2.63. The largest absolute Gasteiger partial charge is 0.308 e. The number of halogens is 1. The van der Waals surface area contributed by atoms with E-state index in [-0.39, 0.29) is 0 Å².